The predicted octanol–water partition coefficient (Wildman–Crippen LogP) is 1.52. The number of nitrogens with zero attached hydrogens (tertiary/aromatic N) is 5. The molecular formula is C16H25N5O3S. The van der Waals surface area contributed by atoms with Gasteiger partial charge < -0.3 is 9.30 Å². The second-order valence-electron chi connectivity index (χ2n) is 6.65. The zero-order valence-corrected chi connectivity index (χ0v) is 15.7. The highest BCUT2D eigenvalue weighted by atomic mass is 32.2. The molecule has 1 aliphatic heterocycles. The average Bonchev–Trinajstić information content (AvgIpc) is 3.24. The van der Waals surface area contributed by atoms with Gasteiger partial charge in [-0.15, -0.1) is 0 Å². The highest BCUT2D eigenvalue weighted by Crippen LogP contribution is 2.25. The van der Waals surface area contributed by atoms with Crippen LogP contribution in [0.2, 0.25) is 0 Å². The molecule has 138 valence electrons. The molecule has 0 amide bonds. The van der Waals surface area contributed by atoms with Crippen LogP contribution in [0.3, 0.4) is 0 Å². The van der Waals surface area contributed by atoms with Crippen LogP contribution in [0.25, 0.3) is 0 Å². The lowest BCUT2D eigenvalue weighted by atomic mass is 10.2. The summed E-state index contributed by atoms with van der Waals surface area (Å²) in [6, 6.07) is 0. The van der Waals surface area contributed by atoms with Crippen molar-refractivity contribution in [2.24, 2.45) is 5.92 Å². The van der Waals surface area contributed by atoms with E-state index in [1.54, 1.807) is 23.4 Å². The first-order valence-electron chi connectivity index (χ1n) is 8.56. The maximum absolute atomic E-state index is 12.9. The molecule has 1 atom stereocenters. The summed E-state index contributed by atoms with van der Waals surface area (Å²) < 4.78 is 36.6. The van der Waals surface area contributed by atoms with Gasteiger partial charge in [0.25, 0.3) is 10.0 Å². The van der Waals surface area contributed by atoms with Gasteiger partial charge in [-0.05, 0) is 12.8 Å². The van der Waals surface area contributed by atoms with Crippen molar-refractivity contribution >= 4 is 10.0 Å². The van der Waals surface area contributed by atoms with Crippen LogP contribution in [-0.4, -0.2) is 51.8 Å². The number of rotatable bonds is 6. The number of aromatic nitrogens is 4. The average molecular weight is 367 g/mol. The monoisotopic (exact) mass is 367 g/mol. The number of morpholine rings is 1. The second-order valence-corrected chi connectivity index (χ2v) is 8.54. The van der Waals surface area contributed by atoms with Crippen LogP contribution in [0.1, 0.15) is 32.4 Å². The molecule has 8 nitrogen and oxygen atoms in total. The Balaban J connectivity index is 1.76. The Morgan fingerprint density at radius 3 is 2.84 bits per heavy atom. The molecule has 0 saturated carbocycles. The van der Waals surface area contributed by atoms with Crippen LogP contribution in [0, 0.1) is 5.92 Å². The van der Waals surface area contributed by atoms with Crippen LogP contribution in [0.5, 0.6) is 0 Å². The lowest BCUT2D eigenvalue weighted by Crippen LogP contribution is -2.42. The van der Waals surface area contributed by atoms with E-state index in [1.165, 1.54) is 4.31 Å². The van der Waals surface area contributed by atoms with Gasteiger partial charge in [0.15, 0.2) is 5.03 Å². The molecule has 1 aliphatic rings. The van der Waals surface area contributed by atoms with Crippen LogP contribution in [0.15, 0.2) is 29.9 Å². The molecule has 0 aliphatic carbocycles. The Hall–Kier alpha value is -1.71. The van der Waals surface area contributed by atoms with Gasteiger partial charge in [0, 0.05) is 44.1 Å². The van der Waals surface area contributed by atoms with E-state index in [9.17, 15) is 8.42 Å². The Morgan fingerprint density at radius 1 is 1.36 bits per heavy atom. The third kappa shape index (κ3) is 3.94. The number of aryl methyl sites for hydroxylation is 1. The fourth-order valence-electron chi connectivity index (χ4n) is 2.89. The van der Waals surface area contributed by atoms with E-state index in [2.05, 4.69) is 23.9 Å². The van der Waals surface area contributed by atoms with Gasteiger partial charge in [0.2, 0.25) is 0 Å². The highest BCUT2D eigenvalue weighted by Gasteiger charge is 2.33. The SMILES string of the molecule is CCn1cc([C@@H]2CN(S(=O)(=O)c3cn(CC(C)C)cn3)CCO2)cn1. The zero-order valence-electron chi connectivity index (χ0n) is 14.9. The van der Waals surface area contributed by atoms with Crippen molar-refractivity contribution in [3.63, 3.8) is 0 Å². The van der Waals surface area contributed by atoms with Crippen LogP contribution >= 0.6 is 0 Å². The van der Waals surface area contributed by atoms with E-state index in [-0.39, 0.29) is 17.7 Å². The van der Waals surface area contributed by atoms with E-state index in [1.807, 2.05) is 17.7 Å². The van der Waals surface area contributed by atoms with Crippen molar-refractivity contribution < 1.29 is 13.2 Å². The lowest BCUT2D eigenvalue weighted by Gasteiger charge is -2.31. The first-order valence-corrected chi connectivity index (χ1v) is 10.00. The van der Waals surface area contributed by atoms with Gasteiger partial charge in [-0.1, -0.05) is 13.8 Å². The van der Waals surface area contributed by atoms with Crippen molar-refractivity contribution in [1.82, 2.24) is 23.6 Å². The third-order valence-electron chi connectivity index (χ3n) is 4.17. The standard InChI is InChI=1S/C16H25N5O3S/c1-4-20-9-14(7-18-20)15-10-21(5-6-24-15)25(22,23)16-11-19(12-17-16)8-13(2)3/h7,9,11-13,15H,4-6,8,10H2,1-3H3/t15-/m0/s1. The summed E-state index contributed by atoms with van der Waals surface area (Å²) in [5.74, 6) is 0.424. The van der Waals surface area contributed by atoms with Crippen molar-refractivity contribution in [1.29, 1.82) is 0 Å². The van der Waals surface area contributed by atoms with Crippen molar-refractivity contribution in [2.45, 2.75) is 45.0 Å². The predicted molar refractivity (Wildman–Crippen MR) is 92.4 cm³/mol. The van der Waals surface area contributed by atoms with E-state index in [0.717, 1.165) is 18.7 Å². The van der Waals surface area contributed by atoms with Crippen molar-refractivity contribution in [3.05, 3.63) is 30.5 Å². The summed E-state index contributed by atoms with van der Waals surface area (Å²) in [5, 5.41) is 4.33. The highest BCUT2D eigenvalue weighted by molar-refractivity contribution is 7.89. The van der Waals surface area contributed by atoms with E-state index in [4.69, 9.17) is 4.74 Å². The fraction of sp³-hybridized carbons (Fsp3) is 0.625. The number of sulfonamides is 1. The van der Waals surface area contributed by atoms with E-state index >= 15 is 0 Å². The number of imidazole rings is 1. The molecule has 1 saturated heterocycles. The van der Waals surface area contributed by atoms with Crippen LogP contribution in [-0.2, 0) is 27.8 Å². The fourth-order valence-corrected chi connectivity index (χ4v) is 4.25. The lowest BCUT2D eigenvalue weighted by molar-refractivity contribution is -0.00266. The van der Waals surface area contributed by atoms with Crippen LogP contribution < -0.4 is 0 Å². The molecule has 0 radical (unpaired) electrons. The normalized spacial score (nSPS) is 19.6. The van der Waals surface area contributed by atoms with Gasteiger partial charge >= 0.3 is 0 Å². The Morgan fingerprint density at radius 2 is 2.16 bits per heavy atom. The minimum absolute atomic E-state index is 0.0954. The first-order chi connectivity index (χ1) is 11.9. The summed E-state index contributed by atoms with van der Waals surface area (Å²) in [6.07, 6.45) is 6.52. The minimum Gasteiger partial charge on any atom is -0.371 e. The molecule has 0 bridgehead atoms. The molecule has 1 fully saturated rings. The number of hydrogen-bond acceptors (Lipinski definition) is 5. The smallest absolute Gasteiger partial charge is 0.262 e. The summed E-state index contributed by atoms with van der Waals surface area (Å²) in [5.41, 5.74) is 0.895. The van der Waals surface area contributed by atoms with Gasteiger partial charge in [0.1, 0.15) is 0 Å². The summed E-state index contributed by atoms with van der Waals surface area (Å²) >= 11 is 0. The number of ether oxygens (including phenoxy) is 1. The summed E-state index contributed by atoms with van der Waals surface area (Å²) in [7, 11) is -3.62. The topological polar surface area (TPSA) is 82.2 Å². The second kappa shape index (κ2) is 7.27. The molecule has 9 heteroatoms. The maximum atomic E-state index is 12.9. The Bertz CT molecular complexity index is 811. The molecular weight excluding hydrogens is 342 g/mol. The Kier molecular flexibility index (Phi) is 5.26. The van der Waals surface area contributed by atoms with E-state index < -0.39 is 10.0 Å². The van der Waals surface area contributed by atoms with Crippen molar-refractivity contribution in [3.8, 4) is 0 Å². The molecule has 25 heavy (non-hydrogen) atoms. The zero-order chi connectivity index (χ0) is 18.0. The quantitative estimate of drug-likeness (QED) is 0.773. The molecule has 2 aromatic rings. The third-order valence-corrected chi connectivity index (χ3v) is 5.92. The molecule has 3 heterocycles. The van der Waals surface area contributed by atoms with Gasteiger partial charge in [0.05, 0.1) is 25.2 Å². The van der Waals surface area contributed by atoms with Gasteiger partial charge in [-0.25, -0.2) is 13.4 Å². The minimum atomic E-state index is -3.62. The number of hydrogen-bond donors (Lipinski definition) is 0. The molecule has 2 aromatic heterocycles. The summed E-state index contributed by atoms with van der Waals surface area (Å²) in [4.78, 5) is 4.11. The summed E-state index contributed by atoms with van der Waals surface area (Å²) in [6.45, 7) is 8.63. The van der Waals surface area contributed by atoms with Gasteiger partial charge in [-0.2, -0.15) is 9.40 Å². The van der Waals surface area contributed by atoms with Crippen molar-refractivity contribution in [2.75, 3.05) is 19.7 Å². The Labute approximate surface area is 148 Å². The molecule has 3 rings (SSSR count). The maximum Gasteiger partial charge on any atom is 0.262 e. The van der Waals surface area contributed by atoms with Gasteiger partial charge in [-0.3, -0.25) is 4.68 Å². The van der Waals surface area contributed by atoms with E-state index in [0.29, 0.717) is 19.1 Å². The molecule has 0 unspecified atom stereocenters. The largest absolute Gasteiger partial charge is 0.371 e. The molecule has 0 aromatic carbocycles. The molecule has 0 N–H and O–H groups in total. The molecule has 0 spiro atoms. The first kappa shape index (κ1) is 18.1. The van der Waals surface area contributed by atoms with Crippen LogP contribution in [0.4, 0.5) is 0 Å².